The molecule has 2 N–H and O–H groups in total. The Morgan fingerprint density at radius 2 is 1.90 bits per heavy atom. The van der Waals surface area contributed by atoms with Gasteiger partial charge in [0.05, 0.1) is 26.2 Å². The van der Waals surface area contributed by atoms with Crippen LogP contribution in [0.3, 0.4) is 0 Å². The summed E-state index contributed by atoms with van der Waals surface area (Å²) in [7, 11) is 6.99. The van der Waals surface area contributed by atoms with Crippen molar-refractivity contribution in [2.75, 3.05) is 47.9 Å². The van der Waals surface area contributed by atoms with Gasteiger partial charge in [-0.25, -0.2) is 0 Å². The van der Waals surface area contributed by atoms with Gasteiger partial charge in [0.2, 0.25) is 5.91 Å². The average Bonchev–Trinajstić information content (AvgIpc) is 3.21. The maximum Gasteiger partial charge on any atom is 0.230 e. The number of rotatable bonds is 9. The molecule has 1 amide bonds. The van der Waals surface area contributed by atoms with Crippen molar-refractivity contribution in [1.29, 1.82) is 0 Å². The van der Waals surface area contributed by atoms with Gasteiger partial charge in [0.25, 0.3) is 0 Å². The molecule has 29 heavy (non-hydrogen) atoms. The number of hydrogen-bond donors (Lipinski definition) is 2. The van der Waals surface area contributed by atoms with Crippen LogP contribution in [0, 0.1) is 5.41 Å². The van der Waals surface area contributed by atoms with Gasteiger partial charge in [-0.15, -0.1) is 0 Å². The second-order valence-electron chi connectivity index (χ2n) is 7.74. The van der Waals surface area contributed by atoms with Crippen LogP contribution in [0.25, 0.3) is 0 Å². The fraction of sp³-hybridized carbons (Fsp3) is 0.636. The molecule has 0 heterocycles. The first kappa shape index (κ1) is 22.8. The zero-order chi connectivity index (χ0) is 21.3. The van der Waals surface area contributed by atoms with E-state index in [-0.39, 0.29) is 11.3 Å². The van der Waals surface area contributed by atoms with Crippen molar-refractivity contribution in [2.24, 2.45) is 10.4 Å². The first-order valence-corrected chi connectivity index (χ1v) is 10.4. The van der Waals surface area contributed by atoms with E-state index < -0.39 is 0 Å². The molecule has 7 heteroatoms. The van der Waals surface area contributed by atoms with Crippen LogP contribution < -0.4 is 20.1 Å². The number of ether oxygens (including phenoxy) is 2. The van der Waals surface area contributed by atoms with Crippen molar-refractivity contribution in [1.82, 2.24) is 15.5 Å². The van der Waals surface area contributed by atoms with Crippen LogP contribution >= 0.6 is 0 Å². The highest BCUT2D eigenvalue weighted by Crippen LogP contribution is 2.39. The molecule has 1 aromatic carbocycles. The molecule has 2 rings (SSSR count). The molecular weight excluding hydrogens is 368 g/mol. The SMILES string of the molecule is CCNC(=NCC1(C(=O)N(C)C)CCCC1)NCCc1cc(OC)ccc1OC. The molecule has 0 radical (unpaired) electrons. The van der Waals surface area contributed by atoms with Gasteiger partial charge in [0.15, 0.2) is 5.96 Å². The molecule has 0 aliphatic heterocycles. The van der Waals surface area contributed by atoms with E-state index in [0.717, 1.165) is 61.7 Å². The zero-order valence-corrected chi connectivity index (χ0v) is 18.5. The average molecular weight is 405 g/mol. The Kier molecular flexibility index (Phi) is 8.61. The summed E-state index contributed by atoms with van der Waals surface area (Å²) in [5, 5.41) is 6.67. The van der Waals surface area contributed by atoms with Crippen LogP contribution in [0.5, 0.6) is 11.5 Å². The first-order valence-electron chi connectivity index (χ1n) is 10.4. The number of methoxy groups -OCH3 is 2. The highest BCUT2D eigenvalue weighted by atomic mass is 16.5. The van der Waals surface area contributed by atoms with Gasteiger partial charge in [0.1, 0.15) is 11.5 Å². The fourth-order valence-electron chi connectivity index (χ4n) is 3.93. The molecule has 0 atom stereocenters. The Morgan fingerprint density at radius 1 is 1.17 bits per heavy atom. The van der Waals surface area contributed by atoms with Gasteiger partial charge < -0.3 is 25.0 Å². The van der Waals surface area contributed by atoms with E-state index in [4.69, 9.17) is 14.5 Å². The Morgan fingerprint density at radius 3 is 2.48 bits per heavy atom. The lowest BCUT2D eigenvalue weighted by atomic mass is 9.85. The van der Waals surface area contributed by atoms with E-state index in [1.165, 1.54) is 0 Å². The number of nitrogens with zero attached hydrogens (tertiary/aromatic N) is 2. The van der Waals surface area contributed by atoms with Crippen LogP contribution in [0.15, 0.2) is 23.2 Å². The minimum absolute atomic E-state index is 0.190. The second-order valence-corrected chi connectivity index (χ2v) is 7.74. The van der Waals surface area contributed by atoms with Crippen molar-refractivity contribution in [3.63, 3.8) is 0 Å². The summed E-state index contributed by atoms with van der Waals surface area (Å²) in [6, 6.07) is 5.81. The molecular formula is C22H36N4O3. The van der Waals surface area contributed by atoms with E-state index in [2.05, 4.69) is 10.6 Å². The molecule has 0 aromatic heterocycles. The van der Waals surface area contributed by atoms with E-state index >= 15 is 0 Å². The van der Waals surface area contributed by atoms with Crippen LogP contribution in [-0.2, 0) is 11.2 Å². The predicted molar refractivity (Wildman–Crippen MR) is 117 cm³/mol. The maximum atomic E-state index is 12.8. The van der Waals surface area contributed by atoms with Crippen LogP contribution in [0.2, 0.25) is 0 Å². The quantitative estimate of drug-likeness (QED) is 0.488. The van der Waals surface area contributed by atoms with Gasteiger partial charge >= 0.3 is 0 Å². The van der Waals surface area contributed by atoms with Crippen molar-refractivity contribution in [2.45, 2.75) is 39.0 Å². The third-order valence-corrected chi connectivity index (χ3v) is 5.48. The van der Waals surface area contributed by atoms with E-state index in [1.807, 2.05) is 39.2 Å². The molecule has 0 spiro atoms. The monoisotopic (exact) mass is 404 g/mol. The molecule has 7 nitrogen and oxygen atoms in total. The van der Waals surface area contributed by atoms with Gasteiger partial charge in [-0.1, -0.05) is 12.8 Å². The summed E-state index contributed by atoms with van der Waals surface area (Å²) in [6.45, 7) is 4.02. The number of carbonyl (C=O) groups is 1. The third kappa shape index (κ3) is 6.02. The topological polar surface area (TPSA) is 75.2 Å². The lowest BCUT2D eigenvalue weighted by Crippen LogP contribution is -2.43. The maximum absolute atomic E-state index is 12.8. The van der Waals surface area contributed by atoms with Gasteiger partial charge in [-0.2, -0.15) is 0 Å². The molecule has 1 aromatic rings. The van der Waals surface area contributed by atoms with Crippen molar-refractivity contribution in [3.05, 3.63) is 23.8 Å². The number of aliphatic imine (C=N–C) groups is 1. The molecule has 1 aliphatic carbocycles. The molecule has 162 valence electrons. The molecule has 0 bridgehead atoms. The zero-order valence-electron chi connectivity index (χ0n) is 18.5. The summed E-state index contributed by atoms with van der Waals surface area (Å²) < 4.78 is 10.8. The number of benzene rings is 1. The highest BCUT2D eigenvalue weighted by molar-refractivity contribution is 5.84. The molecule has 1 aliphatic rings. The normalized spacial score (nSPS) is 15.7. The Hall–Kier alpha value is -2.44. The van der Waals surface area contributed by atoms with Crippen LogP contribution in [-0.4, -0.2) is 64.7 Å². The van der Waals surface area contributed by atoms with Gasteiger partial charge in [-0.3, -0.25) is 9.79 Å². The van der Waals surface area contributed by atoms with Crippen LogP contribution in [0.4, 0.5) is 0 Å². The third-order valence-electron chi connectivity index (χ3n) is 5.48. The van der Waals surface area contributed by atoms with Crippen molar-refractivity contribution < 1.29 is 14.3 Å². The van der Waals surface area contributed by atoms with Gasteiger partial charge in [-0.05, 0) is 49.9 Å². The second kappa shape index (κ2) is 10.9. The minimum atomic E-state index is -0.359. The lowest BCUT2D eigenvalue weighted by Gasteiger charge is -2.29. The van der Waals surface area contributed by atoms with Crippen molar-refractivity contribution in [3.8, 4) is 11.5 Å². The summed E-state index contributed by atoms with van der Waals surface area (Å²) in [6.07, 6.45) is 4.78. The van der Waals surface area contributed by atoms with Crippen LogP contribution in [0.1, 0.15) is 38.2 Å². The predicted octanol–water partition coefficient (Wildman–Crippen LogP) is 2.45. The first-order chi connectivity index (χ1) is 14.0. The van der Waals surface area contributed by atoms with Gasteiger partial charge in [0, 0.05) is 27.2 Å². The number of nitrogens with one attached hydrogen (secondary N) is 2. The summed E-state index contributed by atoms with van der Waals surface area (Å²) in [4.78, 5) is 19.2. The molecule has 1 saturated carbocycles. The van der Waals surface area contributed by atoms with E-state index in [9.17, 15) is 4.79 Å². The number of guanidine groups is 1. The minimum Gasteiger partial charge on any atom is -0.497 e. The van der Waals surface area contributed by atoms with E-state index in [1.54, 1.807) is 19.1 Å². The summed E-state index contributed by atoms with van der Waals surface area (Å²) in [5.74, 6) is 2.59. The summed E-state index contributed by atoms with van der Waals surface area (Å²) >= 11 is 0. The lowest BCUT2D eigenvalue weighted by molar-refractivity contribution is -0.138. The molecule has 0 unspecified atom stereocenters. The highest BCUT2D eigenvalue weighted by Gasteiger charge is 2.42. The van der Waals surface area contributed by atoms with E-state index in [0.29, 0.717) is 13.1 Å². The Balaban J connectivity index is 2.03. The largest absolute Gasteiger partial charge is 0.497 e. The summed E-state index contributed by atoms with van der Waals surface area (Å²) in [5.41, 5.74) is 0.715. The number of carbonyl (C=O) groups excluding carboxylic acids is 1. The smallest absolute Gasteiger partial charge is 0.230 e. The number of amides is 1. The standard InChI is InChI=1S/C22H36N4O3/c1-6-23-21(25-16-22(12-7-8-13-22)20(27)26(2)3)24-14-11-17-15-18(28-4)9-10-19(17)29-5/h9-10,15H,6-8,11-14,16H2,1-5H3,(H2,23,24,25). The fourth-order valence-corrected chi connectivity index (χ4v) is 3.93. The Bertz CT molecular complexity index is 697. The van der Waals surface area contributed by atoms with Crippen molar-refractivity contribution >= 4 is 11.9 Å². The number of hydrogen-bond acceptors (Lipinski definition) is 4. The Labute approximate surface area is 174 Å². The molecule has 1 fully saturated rings. The molecule has 0 saturated heterocycles.